The highest BCUT2D eigenvalue weighted by Crippen LogP contribution is 2.51. The third-order valence-corrected chi connectivity index (χ3v) is 25.3. The van der Waals surface area contributed by atoms with Crippen LogP contribution in [0.1, 0.15) is 180 Å². The lowest BCUT2D eigenvalue weighted by Gasteiger charge is -2.45. The third-order valence-electron chi connectivity index (χ3n) is 19.6. The lowest BCUT2D eigenvalue weighted by atomic mass is 9.64. The summed E-state index contributed by atoms with van der Waals surface area (Å²) in [5.74, 6) is 4.56. The molecule has 62 heavy (non-hydrogen) atoms. The van der Waals surface area contributed by atoms with Crippen LogP contribution in [0.15, 0.2) is 0 Å². The standard InChI is InChI=1S/C50H74N2O8S2/c51-29-41-27-47(61(55,56)43-17-9-33(10-18-43)31-1-5-35(6-2-31)37-13-21-45-39(25-37)15-23-49(53)59-45)48(28-42(41)30-52)62(57,58)44-19-11-34(12-20-44)32-3-7-36(8-4-32)38-14-22-46-40(26-38)16-24-50(54)60-46/h31-48H,1-28H2. The van der Waals surface area contributed by atoms with E-state index in [1.807, 2.05) is 0 Å². The van der Waals surface area contributed by atoms with Crippen LogP contribution in [0.25, 0.3) is 0 Å². The van der Waals surface area contributed by atoms with Gasteiger partial charge in [0.1, 0.15) is 12.2 Å². The van der Waals surface area contributed by atoms with Gasteiger partial charge < -0.3 is 9.47 Å². The summed E-state index contributed by atoms with van der Waals surface area (Å²) in [6.07, 6.45) is 25.3. The van der Waals surface area contributed by atoms with Crippen LogP contribution < -0.4 is 0 Å². The van der Waals surface area contributed by atoms with Crippen molar-refractivity contribution in [2.75, 3.05) is 0 Å². The average Bonchev–Trinajstić information content (AvgIpc) is 3.31. The Balaban J connectivity index is 0.771. The minimum absolute atomic E-state index is 0.0300. The Kier molecular flexibility index (Phi) is 13.8. The van der Waals surface area contributed by atoms with Gasteiger partial charge in [-0.3, -0.25) is 9.59 Å². The van der Waals surface area contributed by atoms with E-state index in [4.69, 9.17) is 9.47 Å². The number of rotatable bonds is 8. The highest BCUT2D eigenvalue weighted by atomic mass is 32.2. The molecule has 9 fully saturated rings. The normalized spacial score (nSPS) is 45.8. The van der Waals surface area contributed by atoms with Gasteiger partial charge in [0.05, 0.1) is 45.0 Å². The van der Waals surface area contributed by atoms with Crippen molar-refractivity contribution in [3.05, 3.63) is 0 Å². The summed E-state index contributed by atoms with van der Waals surface area (Å²) in [5, 5.41) is 16.8. The zero-order chi connectivity index (χ0) is 43.2. The van der Waals surface area contributed by atoms with Crippen molar-refractivity contribution in [1.82, 2.24) is 0 Å². The molecule has 10 atom stereocenters. The Morgan fingerprint density at radius 2 is 0.661 bits per heavy atom. The maximum absolute atomic E-state index is 14.7. The molecule has 10 unspecified atom stereocenters. The number of carbonyl (C=O) groups is 2. The van der Waals surface area contributed by atoms with Crippen LogP contribution in [0.2, 0.25) is 0 Å². The fourth-order valence-corrected chi connectivity index (χ4v) is 21.7. The van der Waals surface area contributed by atoms with Crippen molar-refractivity contribution in [1.29, 1.82) is 10.5 Å². The first-order valence-corrected chi connectivity index (χ1v) is 28.8. The molecule has 2 saturated heterocycles. The molecule has 0 amide bonds. The fourth-order valence-electron chi connectivity index (χ4n) is 15.9. The van der Waals surface area contributed by atoms with Gasteiger partial charge in [-0.15, -0.1) is 0 Å². The number of hydrogen-bond donors (Lipinski definition) is 0. The van der Waals surface area contributed by atoms with E-state index < -0.39 is 52.5 Å². The number of carbonyl (C=O) groups excluding carboxylic acids is 2. The van der Waals surface area contributed by atoms with Crippen LogP contribution >= 0.6 is 0 Å². The quantitative estimate of drug-likeness (QED) is 0.214. The number of esters is 2. The van der Waals surface area contributed by atoms with Crippen LogP contribution in [0, 0.1) is 93.7 Å². The van der Waals surface area contributed by atoms with Crippen LogP contribution in [-0.4, -0.2) is 62.0 Å². The first-order chi connectivity index (χ1) is 29.9. The highest BCUT2D eigenvalue weighted by Gasteiger charge is 2.54. The molecule has 9 rings (SSSR count). The lowest BCUT2D eigenvalue weighted by Crippen LogP contribution is -2.52. The molecule has 7 saturated carbocycles. The molecule has 0 bridgehead atoms. The number of fused-ring (bicyclic) bond motifs is 2. The Morgan fingerprint density at radius 3 is 0.984 bits per heavy atom. The van der Waals surface area contributed by atoms with Crippen LogP contribution in [0.3, 0.4) is 0 Å². The number of hydrogen-bond acceptors (Lipinski definition) is 10. The van der Waals surface area contributed by atoms with Gasteiger partial charge in [0.25, 0.3) is 0 Å². The molecule has 0 spiro atoms. The summed E-state index contributed by atoms with van der Waals surface area (Å²) >= 11 is 0. The molecule has 344 valence electrons. The average molecular weight is 895 g/mol. The highest BCUT2D eigenvalue weighted by molar-refractivity contribution is 7.96. The van der Waals surface area contributed by atoms with Crippen LogP contribution in [-0.2, 0) is 38.7 Å². The molecule has 7 aliphatic carbocycles. The van der Waals surface area contributed by atoms with Gasteiger partial charge >= 0.3 is 11.9 Å². The van der Waals surface area contributed by atoms with E-state index in [1.54, 1.807) is 0 Å². The van der Waals surface area contributed by atoms with Crippen molar-refractivity contribution >= 4 is 31.6 Å². The smallest absolute Gasteiger partial charge is 0.306 e. The van der Waals surface area contributed by atoms with E-state index >= 15 is 0 Å². The van der Waals surface area contributed by atoms with Crippen LogP contribution in [0.4, 0.5) is 0 Å². The number of sulfone groups is 2. The van der Waals surface area contributed by atoms with Gasteiger partial charge in [-0.2, -0.15) is 10.5 Å². The van der Waals surface area contributed by atoms with Crippen molar-refractivity contribution in [3.8, 4) is 12.1 Å². The van der Waals surface area contributed by atoms with Gasteiger partial charge in [-0.1, -0.05) is 0 Å². The summed E-state index contributed by atoms with van der Waals surface area (Å²) in [7, 11) is -7.73. The van der Waals surface area contributed by atoms with Crippen molar-refractivity contribution in [2.45, 2.75) is 213 Å². The lowest BCUT2D eigenvalue weighted by molar-refractivity contribution is -0.163. The Bertz CT molecular complexity index is 1770. The Morgan fingerprint density at radius 1 is 0.371 bits per heavy atom. The summed E-state index contributed by atoms with van der Waals surface area (Å²) in [4.78, 5) is 23.6. The van der Waals surface area contributed by atoms with Gasteiger partial charge in [0, 0.05) is 12.8 Å². The molecule has 0 aromatic rings. The van der Waals surface area contributed by atoms with E-state index in [0.717, 1.165) is 87.9 Å². The molecule has 2 heterocycles. The minimum Gasteiger partial charge on any atom is -0.462 e. The Labute approximate surface area is 372 Å². The molecule has 9 aliphatic rings. The summed E-state index contributed by atoms with van der Waals surface area (Å²) in [5.41, 5.74) is 0. The van der Waals surface area contributed by atoms with E-state index in [9.17, 15) is 36.9 Å². The van der Waals surface area contributed by atoms with E-state index in [0.29, 0.717) is 74.0 Å². The summed E-state index contributed by atoms with van der Waals surface area (Å²) in [6, 6.07) is 4.43. The van der Waals surface area contributed by atoms with Crippen molar-refractivity contribution < 1.29 is 35.9 Å². The molecule has 0 radical (unpaired) electrons. The summed E-state index contributed by atoms with van der Waals surface area (Å²) in [6.45, 7) is 0. The van der Waals surface area contributed by atoms with Gasteiger partial charge in [0.2, 0.25) is 0 Å². The fraction of sp³-hybridized carbons (Fsp3) is 0.920. The van der Waals surface area contributed by atoms with Crippen molar-refractivity contribution in [3.63, 3.8) is 0 Å². The molecule has 0 aromatic heterocycles. The number of ether oxygens (including phenoxy) is 2. The molecular weight excluding hydrogens is 821 g/mol. The van der Waals surface area contributed by atoms with E-state index in [-0.39, 0.29) is 37.0 Å². The SMILES string of the molecule is N#CC1CC(S(=O)(=O)C2CCC(C3CCC(C4CCC5OC(=O)CCC5C4)CC3)CC2)C(S(=O)(=O)C2CCC(C3CCC(C4CCC5OC(=O)CCC5C4)CC3)CC2)CC1C#N. The second-order valence-corrected chi connectivity index (χ2v) is 27.3. The first-order valence-electron chi connectivity index (χ1n) is 25.5. The Hall–Kier alpha value is -2.18. The zero-order valence-corrected chi connectivity index (χ0v) is 38.8. The number of nitrogens with zero attached hydrogens (tertiary/aromatic N) is 2. The first kappa shape index (κ1) is 45.0. The molecular formula is C50H74N2O8S2. The predicted molar refractivity (Wildman–Crippen MR) is 235 cm³/mol. The van der Waals surface area contributed by atoms with Gasteiger partial charge in [-0.25, -0.2) is 16.8 Å². The van der Waals surface area contributed by atoms with E-state index in [2.05, 4.69) is 12.1 Å². The molecule has 2 aliphatic heterocycles. The topological polar surface area (TPSA) is 168 Å². The van der Waals surface area contributed by atoms with Crippen LogP contribution in [0.5, 0.6) is 0 Å². The maximum atomic E-state index is 14.7. The van der Waals surface area contributed by atoms with Crippen molar-refractivity contribution in [2.24, 2.45) is 71.0 Å². The second-order valence-electron chi connectivity index (χ2n) is 22.4. The van der Waals surface area contributed by atoms with Gasteiger partial charge in [-0.05, 0) is 226 Å². The molecule has 0 N–H and O–H groups in total. The zero-order valence-electron chi connectivity index (χ0n) is 37.2. The molecule has 0 aromatic carbocycles. The second kappa shape index (κ2) is 19.0. The molecule has 12 heteroatoms. The third kappa shape index (κ3) is 9.28. The van der Waals surface area contributed by atoms with E-state index in [1.165, 1.54) is 64.2 Å². The number of nitriles is 2. The largest absolute Gasteiger partial charge is 0.462 e. The monoisotopic (exact) mass is 894 g/mol. The predicted octanol–water partition coefficient (Wildman–Crippen LogP) is 9.60. The van der Waals surface area contributed by atoms with Gasteiger partial charge in [0.15, 0.2) is 19.7 Å². The molecule has 10 nitrogen and oxygen atoms in total. The maximum Gasteiger partial charge on any atom is 0.306 e. The minimum atomic E-state index is -3.87. The summed E-state index contributed by atoms with van der Waals surface area (Å²) < 4.78 is 70.3.